The lowest BCUT2D eigenvalue weighted by Crippen LogP contribution is -2.39. The zero-order valence-corrected chi connectivity index (χ0v) is 11.7. The van der Waals surface area contributed by atoms with Crippen molar-refractivity contribution in [3.8, 4) is 0 Å². The van der Waals surface area contributed by atoms with Crippen molar-refractivity contribution in [3.05, 3.63) is 4.88 Å². The summed E-state index contributed by atoms with van der Waals surface area (Å²) in [5, 5.41) is 6.73. The molecule has 1 aromatic rings. The maximum absolute atomic E-state index is 12.0. The Labute approximate surface area is 111 Å². The van der Waals surface area contributed by atoms with Gasteiger partial charge in [-0.1, -0.05) is 24.7 Å². The van der Waals surface area contributed by atoms with Gasteiger partial charge >= 0.3 is 0 Å². The van der Waals surface area contributed by atoms with E-state index in [0.29, 0.717) is 15.8 Å². The highest BCUT2D eigenvalue weighted by Gasteiger charge is 2.32. The van der Waals surface area contributed by atoms with Crippen LogP contribution < -0.4 is 16.4 Å². The van der Waals surface area contributed by atoms with Crippen LogP contribution in [0.5, 0.6) is 0 Å². The number of aromatic nitrogens is 1. The molecule has 0 aliphatic heterocycles. The fourth-order valence-electron chi connectivity index (χ4n) is 2.05. The number of carbonyl (C=O) groups excluding carboxylic acids is 1. The van der Waals surface area contributed by atoms with Crippen molar-refractivity contribution in [2.75, 3.05) is 24.1 Å². The number of anilines is 2. The van der Waals surface area contributed by atoms with Crippen molar-refractivity contribution in [1.82, 2.24) is 10.3 Å². The van der Waals surface area contributed by atoms with Gasteiger partial charge in [-0.05, 0) is 25.2 Å². The molecule has 0 aromatic carbocycles. The molecule has 1 aliphatic rings. The molecule has 0 unspecified atom stereocenters. The van der Waals surface area contributed by atoms with Crippen molar-refractivity contribution in [2.45, 2.75) is 33.1 Å². The van der Waals surface area contributed by atoms with Crippen LogP contribution in [0.25, 0.3) is 0 Å². The molecule has 100 valence electrons. The summed E-state index contributed by atoms with van der Waals surface area (Å²) in [6.45, 7) is 5.68. The lowest BCUT2D eigenvalue weighted by atomic mass is 9.70. The van der Waals surface area contributed by atoms with E-state index in [1.165, 1.54) is 30.6 Å². The lowest BCUT2D eigenvalue weighted by molar-refractivity contribution is 0.0895. The molecular weight excluding hydrogens is 248 g/mol. The van der Waals surface area contributed by atoms with Gasteiger partial charge in [-0.3, -0.25) is 4.79 Å². The van der Waals surface area contributed by atoms with Crippen LogP contribution in [0.1, 0.15) is 42.8 Å². The lowest BCUT2D eigenvalue weighted by Gasteiger charge is -2.38. The summed E-state index contributed by atoms with van der Waals surface area (Å²) in [5.74, 6) is 0.203. The number of carbonyl (C=O) groups is 1. The van der Waals surface area contributed by atoms with Gasteiger partial charge in [0.25, 0.3) is 5.91 Å². The van der Waals surface area contributed by atoms with Crippen LogP contribution in [0, 0.1) is 5.41 Å². The smallest absolute Gasteiger partial charge is 0.265 e. The van der Waals surface area contributed by atoms with Crippen LogP contribution in [-0.2, 0) is 0 Å². The third-order valence-electron chi connectivity index (χ3n) is 3.42. The summed E-state index contributed by atoms with van der Waals surface area (Å²) in [6.07, 6.45) is 3.64. The van der Waals surface area contributed by atoms with Crippen LogP contribution in [0.4, 0.5) is 10.9 Å². The summed E-state index contributed by atoms with van der Waals surface area (Å²) in [5.41, 5.74) is 6.03. The highest BCUT2D eigenvalue weighted by molar-refractivity contribution is 7.18. The summed E-state index contributed by atoms with van der Waals surface area (Å²) in [7, 11) is 0. The molecule has 0 bridgehead atoms. The van der Waals surface area contributed by atoms with E-state index in [-0.39, 0.29) is 11.3 Å². The number of amides is 1. The molecule has 5 nitrogen and oxygen atoms in total. The summed E-state index contributed by atoms with van der Waals surface area (Å²) in [4.78, 5) is 16.7. The van der Waals surface area contributed by atoms with Crippen molar-refractivity contribution in [3.63, 3.8) is 0 Å². The molecule has 2 rings (SSSR count). The zero-order valence-electron chi connectivity index (χ0n) is 10.9. The molecule has 0 atom stereocenters. The standard InChI is InChI=1S/C12H20N4OS/c1-3-14-11-16-9(13)8(18-11)10(17)15-7-12(2)5-4-6-12/h3-7,13H2,1-2H3,(H,14,16)(H,15,17). The first-order chi connectivity index (χ1) is 8.54. The normalized spacial score (nSPS) is 17.0. The second-order valence-corrected chi connectivity index (χ2v) is 6.11. The average Bonchev–Trinajstić information content (AvgIpc) is 2.65. The van der Waals surface area contributed by atoms with Crippen molar-refractivity contribution >= 4 is 28.2 Å². The van der Waals surface area contributed by atoms with Crippen LogP contribution >= 0.6 is 11.3 Å². The number of thiazole rings is 1. The molecule has 1 aliphatic carbocycles. The SMILES string of the molecule is CCNc1nc(N)c(C(=O)NCC2(C)CCC2)s1. The Morgan fingerprint density at radius 3 is 2.83 bits per heavy atom. The van der Waals surface area contributed by atoms with Gasteiger partial charge in [0.05, 0.1) is 0 Å². The van der Waals surface area contributed by atoms with Crippen LogP contribution in [0.2, 0.25) is 0 Å². The molecule has 1 amide bonds. The van der Waals surface area contributed by atoms with Gasteiger partial charge in [0.2, 0.25) is 0 Å². The first-order valence-electron chi connectivity index (χ1n) is 6.32. The molecule has 0 radical (unpaired) electrons. The Bertz CT molecular complexity index is 439. The Balaban J connectivity index is 1.95. The molecule has 6 heteroatoms. The van der Waals surface area contributed by atoms with Crippen LogP contribution in [0.15, 0.2) is 0 Å². The van der Waals surface area contributed by atoms with Gasteiger partial charge < -0.3 is 16.4 Å². The van der Waals surface area contributed by atoms with E-state index in [1.54, 1.807) is 0 Å². The average molecular weight is 268 g/mol. The quantitative estimate of drug-likeness (QED) is 0.764. The number of nitrogen functional groups attached to an aromatic ring is 1. The third-order valence-corrected chi connectivity index (χ3v) is 4.45. The minimum absolute atomic E-state index is 0.109. The van der Waals surface area contributed by atoms with E-state index in [2.05, 4.69) is 22.5 Å². The molecule has 0 saturated heterocycles. The van der Waals surface area contributed by atoms with Crippen molar-refractivity contribution < 1.29 is 4.79 Å². The third kappa shape index (κ3) is 2.75. The van der Waals surface area contributed by atoms with Gasteiger partial charge in [0.1, 0.15) is 10.7 Å². The highest BCUT2D eigenvalue weighted by Crippen LogP contribution is 2.39. The van der Waals surface area contributed by atoms with Gasteiger partial charge in [0, 0.05) is 13.1 Å². The maximum Gasteiger partial charge on any atom is 0.265 e. The molecular formula is C12H20N4OS. The van der Waals surface area contributed by atoms with Crippen LogP contribution in [-0.4, -0.2) is 24.0 Å². The predicted octanol–water partition coefficient (Wildman–Crippen LogP) is 2.08. The zero-order chi connectivity index (χ0) is 13.2. The molecule has 18 heavy (non-hydrogen) atoms. The highest BCUT2D eigenvalue weighted by atomic mass is 32.1. The Morgan fingerprint density at radius 2 is 2.28 bits per heavy atom. The number of nitrogens with two attached hydrogens (primary N) is 1. The van der Waals surface area contributed by atoms with E-state index in [4.69, 9.17) is 5.73 Å². The monoisotopic (exact) mass is 268 g/mol. The van der Waals surface area contributed by atoms with Crippen LogP contribution in [0.3, 0.4) is 0 Å². The first-order valence-corrected chi connectivity index (χ1v) is 7.14. The van der Waals surface area contributed by atoms with E-state index < -0.39 is 0 Å². The second-order valence-electron chi connectivity index (χ2n) is 5.11. The summed E-state index contributed by atoms with van der Waals surface area (Å²) < 4.78 is 0. The number of rotatable bonds is 5. The van der Waals surface area contributed by atoms with Gasteiger partial charge in [-0.15, -0.1) is 0 Å². The van der Waals surface area contributed by atoms with E-state index in [1.807, 2.05) is 6.92 Å². The van der Waals surface area contributed by atoms with Gasteiger partial charge in [0.15, 0.2) is 5.13 Å². The number of nitrogens with one attached hydrogen (secondary N) is 2. The number of nitrogens with zero attached hydrogens (tertiary/aromatic N) is 1. The fraction of sp³-hybridized carbons (Fsp3) is 0.667. The molecule has 1 aromatic heterocycles. The molecule has 1 saturated carbocycles. The topological polar surface area (TPSA) is 80.0 Å². The minimum Gasteiger partial charge on any atom is -0.382 e. The summed E-state index contributed by atoms with van der Waals surface area (Å²) in [6, 6.07) is 0. The molecule has 1 heterocycles. The molecule has 0 spiro atoms. The first kappa shape index (κ1) is 13.1. The fourth-order valence-corrected chi connectivity index (χ4v) is 2.92. The van der Waals surface area contributed by atoms with Gasteiger partial charge in [-0.25, -0.2) is 4.98 Å². The second kappa shape index (κ2) is 5.14. The summed E-state index contributed by atoms with van der Waals surface area (Å²) >= 11 is 1.31. The Hall–Kier alpha value is -1.30. The predicted molar refractivity (Wildman–Crippen MR) is 75.0 cm³/mol. The largest absolute Gasteiger partial charge is 0.382 e. The molecule has 4 N–H and O–H groups in total. The van der Waals surface area contributed by atoms with Crippen molar-refractivity contribution in [1.29, 1.82) is 0 Å². The maximum atomic E-state index is 12.0. The Kier molecular flexibility index (Phi) is 3.75. The van der Waals surface area contributed by atoms with Gasteiger partial charge in [-0.2, -0.15) is 0 Å². The Morgan fingerprint density at radius 1 is 1.56 bits per heavy atom. The van der Waals surface area contributed by atoms with E-state index in [0.717, 1.165) is 13.1 Å². The van der Waals surface area contributed by atoms with Crippen molar-refractivity contribution in [2.24, 2.45) is 5.41 Å². The minimum atomic E-state index is -0.109. The number of hydrogen-bond acceptors (Lipinski definition) is 5. The molecule has 1 fully saturated rings. The van der Waals surface area contributed by atoms with E-state index in [9.17, 15) is 4.79 Å². The van der Waals surface area contributed by atoms with E-state index >= 15 is 0 Å². The number of hydrogen-bond donors (Lipinski definition) is 3.